The van der Waals surface area contributed by atoms with Gasteiger partial charge in [-0.2, -0.15) is 0 Å². The number of fused-ring (bicyclic) bond motifs is 5. The first-order valence-corrected chi connectivity index (χ1v) is 11.4. The molecule has 6 rings (SSSR count). The van der Waals surface area contributed by atoms with Crippen LogP contribution in [0, 0.1) is 0 Å². The van der Waals surface area contributed by atoms with E-state index in [-0.39, 0.29) is 11.5 Å². The van der Waals surface area contributed by atoms with Gasteiger partial charge in [0.25, 0.3) is 0 Å². The maximum Gasteiger partial charge on any atom is 0.434 e. The molecule has 2 aromatic heterocycles. The number of nitrogens with zero attached hydrogens (tertiary/aromatic N) is 2. The van der Waals surface area contributed by atoms with E-state index in [1.165, 1.54) is 24.8 Å². The largest absolute Gasteiger partial charge is 0.478 e. The summed E-state index contributed by atoms with van der Waals surface area (Å²) in [7, 11) is 0. The fourth-order valence-corrected chi connectivity index (χ4v) is 5.51. The van der Waals surface area contributed by atoms with Gasteiger partial charge in [-0.05, 0) is 48.1 Å². The summed E-state index contributed by atoms with van der Waals surface area (Å²) in [6.07, 6.45) is 7.93. The second-order valence-corrected chi connectivity index (χ2v) is 8.90. The van der Waals surface area contributed by atoms with Crippen molar-refractivity contribution >= 4 is 28.5 Å². The molecule has 3 heterocycles. The van der Waals surface area contributed by atoms with Crippen LogP contribution < -0.4 is 5.76 Å². The molecule has 1 aliphatic carbocycles. The highest BCUT2D eigenvalue weighted by molar-refractivity contribution is 6.00. The van der Waals surface area contributed by atoms with Crippen molar-refractivity contribution in [3.05, 3.63) is 75.6 Å². The van der Waals surface area contributed by atoms with Gasteiger partial charge in [-0.15, -0.1) is 5.10 Å². The van der Waals surface area contributed by atoms with E-state index in [1.54, 1.807) is 12.1 Å². The summed E-state index contributed by atoms with van der Waals surface area (Å²) in [4.78, 5) is 23.5. The Kier molecular flexibility index (Phi) is 4.57. The summed E-state index contributed by atoms with van der Waals surface area (Å²) >= 11 is 0. The molecule has 0 radical (unpaired) electrons. The maximum atomic E-state index is 11.8. The molecule has 0 spiro atoms. The Labute approximate surface area is 189 Å². The van der Waals surface area contributed by atoms with E-state index in [9.17, 15) is 14.7 Å². The van der Waals surface area contributed by atoms with E-state index < -0.39 is 11.7 Å². The van der Waals surface area contributed by atoms with Crippen LogP contribution in [0.5, 0.6) is 0 Å². The van der Waals surface area contributed by atoms with Crippen molar-refractivity contribution in [3.63, 3.8) is 0 Å². The number of aromatic amines is 1. The number of carboxylic acids is 1. The third kappa shape index (κ3) is 3.23. The lowest BCUT2D eigenvalue weighted by atomic mass is 9.81. The number of aromatic carboxylic acids is 1. The van der Waals surface area contributed by atoms with Crippen molar-refractivity contribution < 1.29 is 14.3 Å². The summed E-state index contributed by atoms with van der Waals surface area (Å²) in [5, 5.41) is 17.2. The summed E-state index contributed by atoms with van der Waals surface area (Å²) in [6.45, 7) is 0.421. The molecule has 1 saturated carbocycles. The SMILES string of the molecule is O=C(O)c1ccc2c(C3CCCCC3)c3n(c2c1)CC(c1n[nH]c(=O)o1)=Cc1ccccc1-3. The van der Waals surface area contributed by atoms with Crippen molar-refractivity contribution in [1.82, 2.24) is 14.8 Å². The molecule has 2 N–H and O–H groups in total. The number of rotatable bonds is 3. The van der Waals surface area contributed by atoms with Gasteiger partial charge in [-0.25, -0.2) is 14.7 Å². The lowest BCUT2D eigenvalue weighted by molar-refractivity contribution is 0.0697. The molecule has 7 heteroatoms. The highest BCUT2D eigenvalue weighted by Gasteiger charge is 2.30. The van der Waals surface area contributed by atoms with E-state index in [0.717, 1.165) is 46.1 Å². The Morgan fingerprint density at radius 3 is 2.70 bits per heavy atom. The summed E-state index contributed by atoms with van der Waals surface area (Å²) in [5.74, 6) is -0.879. The Hall–Kier alpha value is -3.87. The highest BCUT2D eigenvalue weighted by atomic mass is 16.4. The predicted octanol–water partition coefficient (Wildman–Crippen LogP) is 5.28. The van der Waals surface area contributed by atoms with Crippen LogP contribution >= 0.6 is 0 Å². The van der Waals surface area contributed by atoms with Gasteiger partial charge in [0.05, 0.1) is 17.8 Å². The molecular formula is C26H23N3O4. The molecule has 33 heavy (non-hydrogen) atoms. The minimum atomic E-state index is -0.949. The predicted molar refractivity (Wildman–Crippen MR) is 125 cm³/mol. The van der Waals surface area contributed by atoms with Crippen molar-refractivity contribution in [2.45, 2.75) is 44.6 Å². The Balaban J connectivity index is 1.68. The number of benzene rings is 2. The number of nitrogens with one attached hydrogen (secondary N) is 1. The van der Waals surface area contributed by atoms with Crippen LogP contribution in [0.4, 0.5) is 0 Å². The molecule has 2 aliphatic rings. The number of allylic oxidation sites excluding steroid dienone is 1. The van der Waals surface area contributed by atoms with Gasteiger partial charge in [-0.3, -0.25) is 0 Å². The number of carboxylic acid groups (broad SMARTS) is 1. The topological polar surface area (TPSA) is 101 Å². The van der Waals surface area contributed by atoms with Crippen molar-refractivity contribution in [1.29, 1.82) is 0 Å². The number of hydrogen-bond acceptors (Lipinski definition) is 4. The number of carbonyl (C=O) groups is 1. The number of H-pyrrole nitrogens is 1. The standard InChI is InChI=1S/C26H23N3O4/c30-25(31)17-10-11-20-21(13-17)29-14-18(24-27-28-26(32)33-24)12-16-8-4-5-9-19(16)23(29)22(20)15-6-2-1-3-7-15/h4-5,8-13,15H,1-3,6-7,14H2,(H,28,32)(H,30,31). The van der Waals surface area contributed by atoms with E-state index in [2.05, 4.69) is 26.9 Å². The second kappa shape index (κ2) is 7.62. The molecule has 2 aromatic carbocycles. The van der Waals surface area contributed by atoms with Crippen molar-refractivity contribution in [2.75, 3.05) is 0 Å². The van der Waals surface area contributed by atoms with Gasteiger partial charge in [0.2, 0.25) is 5.89 Å². The van der Waals surface area contributed by atoms with Gasteiger partial charge in [0, 0.05) is 22.0 Å². The molecule has 7 nitrogen and oxygen atoms in total. The average Bonchev–Trinajstić information content (AvgIpc) is 3.35. The minimum absolute atomic E-state index is 0.248. The van der Waals surface area contributed by atoms with Gasteiger partial charge >= 0.3 is 11.7 Å². The van der Waals surface area contributed by atoms with Crippen LogP contribution in [0.25, 0.3) is 33.8 Å². The fraction of sp³-hybridized carbons (Fsp3) is 0.269. The number of hydrogen-bond donors (Lipinski definition) is 2. The average molecular weight is 441 g/mol. The van der Waals surface area contributed by atoms with Crippen LogP contribution in [0.2, 0.25) is 0 Å². The third-order valence-electron chi connectivity index (χ3n) is 6.95. The maximum absolute atomic E-state index is 11.8. The first-order valence-electron chi connectivity index (χ1n) is 11.4. The number of aromatic nitrogens is 3. The van der Waals surface area contributed by atoms with Crippen LogP contribution in [0.15, 0.2) is 51.7 Å². The van der Waals surface area contributed by atoms with Gasteiger partial charge in [-0.1, -0.05) is 49.6 Å². The molecule has 1 aliphatic heterocycles. The lowest BCUT2D eigenvalue weighted by Crippen LogP contribution is -2.07. The highest BCUT2D eigenvalue weighted by Crippen LogP contribution is 2.47. The van der Waals surface area contributed by atoms with Gasteiger partial charge < -0.3 is 14.1 Å². The van der Waals surface area contributed by atoms with Crippen molar-refractivity contribution in [2.24, 2.45) is 0 Å². The summed E-state index contributed by atoms with van der Waals surface area (Å²) in [6, 6.07) is 13.6. The molecule has 0 unspecified atom stereocenters. The quantitative estimate of drug-likeness (QED) is 0.450. The molecule has 0 bridgehead atoms. The van der Waals surface area contributed by atoms with Crippen LogP contribution in [0.1, 0.15) is 65.4 Å². The Morgan fingerprint density at radius 2 is 1.94 bits per heavy atom. The summed E-state index contributed by atoms with van der Waals surface area (Å²) in [5.41, 5.74) is 6.44. The lowest BCUT2D eigenvalue weighted by Gasteiger charge is -2.24. The van der Waals surface area contributed by atoms with E-state index in [4.69, 9.17) is 4.42 Å². The molecule has 0 atom stereocenters. The normalized spacial score (nSPS) is 16.2. The Morgan fingerprint density at radius 1 is 1.12 bits per heavy atom. The van der Waals surface area contributed by atoms with Gasteiger partial charge in [0.1, 0.15) is 0 Å². The Bertz CT molecular complexity index is 1480. The molecular weight excluding hydrogens is 418 g/mol. The van der Waals surface area contributed by atoms with E-state index in [0.29, 0.717) is 12.5 Å². The zero-order chi connectivity index (χ0) is 22.5. The zero-order valence-electron chi connectivity index (χ0n) is 18.0. The molecule has 4 aromatic rings. The molecule has 1 fully saturated rings. The fourth-order valence-electron chi connectivity index (χ4n) is 5.51. The van der Waals surface area contributed by atoms with Gasteiger partial charge in [0.15, 0.2) is 0 Å². The molecule has 166 valence electrons. The third-order valence-corrected chi connectivity index (χ3v) is 6.95. The van der Waals surface area contributed by atoms with Crippen LogP contribution in [-0.2, 0) is 6.54 Å². The van der Waals surface area contributed by atoms with E-state index in [1.807, 2.05) is 24.3 Å². The monoisotopic (exact) mass is 441 g/mol. The molecule has 0 saturated heterocycles. The molecule has 0 amide bonds. The smallest absolute Gasteiger partial charge is 0.434 e. The van der Waals surface area contributed by atoms with Crippen molar-refractivity contribution in [3.8, 4) is 11.3 Å². The van der Waals surface area contributed by atoms with E-state index >= 15 is 0 Å². The minimum Gasteiger partial charge on any atom is -0.478 e. The first kappa shape index (κ1) is 19.8. The zero-order valence-corrected chi connectivity index (χ0v) is 18.0. The summed E-state index contributed by atoms with van der Waals surface area (Å²) < 4.78 is 7.49. The second-order valence-electron chi connectivity index (χ2n) is 8.90. The first-order chi connectivity index (χ1) is 16.1. The van der Waals surface area contributed by atoms with Crippen LogP contribution in [-0.4, -0.2) is 25.8 Å². The van der Waals surface area contributed by atoms with Crippen LogP contribution in [0.3, 0.4) is 0 Å².